The Kier molecular flexibility index (Phi) is 6.76. The molecule has 0 saturated heterocycles. The van der Waals surface area contributed by atoms with Crippen LogP contribution in [0.15, 0.2) is 48.9 Å². The van der Waals surface area contributed by atoms with E-state index in [9.17, 15) is 0 Å². The number of rotatable bonds is 10. The molecule has 0 saturated carbocycles. The fraction of sp³-hybridized carbons (Fsp3) is 0.391. The second-order valence-corrected chi connectivity index (χ2v) is 7.62. The molecule has 160 valence electrons. The summed E-state index contributed by atoms with van der Waals surface area (Å²) in [5.74, 6) is 2.00. The van der Waals surface area contributed by atoms with E-state index >= 15 is 0 Å². The molecule has 31 heavy (non-hydrogen) atoms. The lowest BCUT2D eigenvalue weighted by Crippen LogP contribution is -2.08. The van der Waals surface area contributed by atoms with Crippen LogP contribution in [0.1, 0.15) is 56.9 Å². The van der Waals surface area contributed by atoms with Crippen molar-refractivity contribution in [3.05, 3.63) is 66.3 Å². The first-order valence-corrected chi connectivity index (χ1v) is 11.0. The van der Waals surface area contributed by atoms with Crippen molar-refractivity contribution in [1.29, 1.82) is 0 Å². The number of hydrogen-bond acceptors (Lipinski definition) is 6. The maximum Gasteiger partial charge on any atom is 0.150 e. The van der Waals surface area contributed by atoms with Crippen molar-refractivity contribution in [3.8, 4) is 16.8 Å². The second kappa shape index (κ2) is 10.1. The summed E-state index contributed by atoms with van der Waals surface area (Å²) in [6, 6.07) is 12.2. The molecular weight excluding hydrogens is 388 g/mol. The van der Waals surface area contributed by atoms with Crippen LogP contribution in [-0.2, 0) is 19.4 Å². The van der Waals surface area contributed by atoms with Gasteiger partial charge in [0.2, 0.25) is 0 Å². The summed E-state index contributed by atoms with van der Waals surface area (Å²) in [5.41, 5.74) is 3.93. The molecule has 0 fully saturated rings. The predicted molar refractivity (Wildman–Crippen MR) is 119 cm³/mol. The Morgan fingerprint density at radius 2 is 1.77 bits per heavy atom. The Morgan fingerprint density at radius 3 is 2.52 bits per heavy atom. The highest BCUT2D eigenvalue weighted by atomic mass is 15.5. The minimum atomic E-state index is 0.632. The molecule has 0 aliphatic rings. The van der Waals surface area contributed by atoms with Crippen molar-refractivity contribution in [2.75, 3.05) is 0 Å². The lowest BCUT2D eigenvalue weighted by Gasteiger charge is -2.10. The van der Waals surface area contributed by atoms with Crippen LogP contribution < -0.4 is 0 Å². The quantitative estimate of drug-likeness (QED) is 0.388. The van der Waals surface area contributed by atoms with E-state index in [2.05, 4.69) is 41.5 Å². The molecule has 0 aliphatic heterocycles. The van der Waals surface area contributed by atoms with Crippen LogP contribution in [0.3, 0.4) is 0 Å². The number of pyridine rings is 1. The van der Waals surface area contributed by atoms with E-state index in [4.69, 9.17) is 15.1 Å². The third-order valence-corrected chi connectivity index (χ3v) is 5.25. The van der Waals surface area contributed by atoms with Gasteiger partial charge < -0.3 is 0 Å². The minimum absolute atomic E-state index is 0.632. The molecule has 1 aromatic carbocycles. The molecule has 0 aliphatic carbocycles. The van der Waals surface area contributed by atoms with Gasteiger partial charge >= 0.3 is 0 Å². The maximum absolute atomic E-state index is 4.79. The highest BCUT2D eigenvalue weighted by molar-refractivity contribution is 5.72. The summed E-state index contributed by atoms with van der Waals surface area (Å²) in [6.07, 6.45) is 9.91. The number of aromatic nitrogens is 8. The van der Waals surface area contributed by atoms with Gasteiger partial charge in [0.15, 0.2) is 5.82 Å². The number of para-hydroxylation sites is 1. The normalized spacial score (nSPS) is 11.2. The number of unbranched alkanes of at least 4 members (excludes halogenated alkanes) is 2. The van der Waals surface area contributed by atoms with Crippen molar-refractivity contribution in [3.63, 3.8) is 0 Å². The summed E-state index contributed by atoms with van der Waals surface area (Å²) < 4.78 is 3.69. The van der Waals surface area contributed by atoms with Gasteiger partial charge in [-0.1, -0.05) is 51.0 Å². The second-order valence-electron chi connectivity index (χ2n) is 7.62. The SMILES string of the molecule is CCCCc1nc(CCCC)n(Cc2ccc(-c3ccccc3-n3cnnn3)cn2)n1. The van der Waals surface area contributed by atoms with Crippen molar-refractivity contribution < 1.29 is 0 Å². The van der Waals surface area contributed by atoms with Gasteiger partial charge in [0.25, 0.3) is 0 Å². The Bertz CT molecular complexity index is 1080. The molecule has 0 spiro atoms. The molecule has 4 rings (SSSR count). The molecule has 8 nitrogen and oxygen atoms in total. The molecule has 0 atom stereocenters. The molecule has 0 unspecified atom stereocenters. The highest BCUT2D eigenvalue weighted by Crippen LogP contribution is 2.25. The van der Waals surface area contributed by atoms with Crippen LogP contribution in [0.5, 0.6) is 0 Å². The van der Waals surface area contributed by atoms with E-state index in [0.717, 1.165) is 72.7 Å². The zero-order valence-electron chi connectivity index (χ0n) is 18.1. The van der Waals surface area contributed by atoms with Crippen molar-refractivity contribution in [2.45, 2.75) is 58.9 Å². The smallest absolute Gasteiger partial charge is 0.150 e. The third-order valence-electron chi connectivity index (χ3n) is 5.25. The number of aryl methyl sites for hydroxylation is 2. The molecule has 3 heterocycles. The molecule has 0 bridgehead atoms. The van der Waals surface area contributed by atoms with Crippen LogP contribution in [0, 0.1) is 0 Å². The number of hydrogen-bond donors (Lipinski definition) is 0. The summed E-state index contributed by atoms with van der Waals surface area (Å²) in [4.78, 5) is 9.51. The topological polar surface area (TPSA) is 87.2 Å². The summed E-state index contributed by atoms with van der Waals surface area (Å²) in [7, 11) is 0. The predicted octanol–water partition coefficient (Wildman–Crippen LogP) is 4.05. The average molecular weight is 417 g/mol. The maximum atomic E-state index is 4.79. The Hall–Kier alpha value is -3.42. The van der Waals surface area contributed by atoms with E-state index in [1.54, 1.807) is 11.0 Å². The van der Waals surface area contributed by atoms with Gasteiger partial charge in [0, 0.05) is 30.2 Å². The molecule has 8 heteroatoms. The van der Waals surface area contributed by atoms with E-state index in [1.807, 2.05) is 35.1 Å². The van der Waals surface area contributed by atoms with Gasteiger partial charge in [-0.15, -0.1) is 5.10 Å². The summed E-state index contributed by atoms with van der Waals surface area (Å²) in [6.45, 7) is 5.03. The molecule has 3 aromatic heterocycles. The lowest BCUT2D eigenvalue weighted by molar-refractivity contribution is 0.604. The Labute approximate surface area is 182 Å². The highest BCUT2D eigenvalue weighted by Gasteiger charge is 2.12. The molecule has 0 N–H and O–H groups in total. The number of nitrogens with zero attached hydrogens (tertiary/aromatic N) is 8. The van der Waals surface area contributed by atoms with Crippen LogP contribution in [0.25, 0.3) is 16.8 Å². The molecule has 4 aromatic rings. The first-order valence-electron chi connectivity index (χ1n) is 11.0. The van der Waals surface area contributed by atoms with Gasteiger partial charge in [-0.05, 0) is 35.4 Å². The van der Waals surface area contributed by atoms with E-state index < -0.39 is 0 Å². The summed E-state index contributed by atoms with van der Waals surface area (Å²) >= 11 is 0. The van der Waals surface area contributed by atoms with E-state index in [1.165, 1.54) is 0 Å². The zero-order valence-corrected chi connectivity index (χ0v) is 18.1. The van der Waals surface area contributed by atoms with Crippen molar-refractivity contribution >= 4 is 0 Å². The summed E-state index contributed by atoms with van der Waals surface area (Å²) in [5, 5.41) is 16.3. The van der Waals surface area contributed by atoms with Crippen LogP contribution in [0.2, 0.25) is 0 Å². The molecule has 0 amide bonds. The van der Waals surface area contributed by atoms with Gasteiger partial charge in [0.05, 0.1) is 17.9 Å². The van der Waals surface area contributed by atoms with Crippen LogP contribution in [-0.4, -0.2) is 40.0 Å². The fourth-order valence-corrected chi connectivity index (χ4v) is 3.53. The van der Waals surface area contributed by atoms with Gasteiger partial charge in [-0.3, -0.25) is 4.98 Å². The van der Waals surface area contributed by atoms with E-state index in [0.29, 0.717) is 6.54 Å². The Morgan fingerprint density at radius 1 is 0.935 bits per heavy atom. The third kappa shape index (κ3) is 5.02. The standard InChI is InChI=1S/C23H28N8/c1-3-5-11-22-26-23(12-6-4-2)30(27-22)16-19-14-13-18(15-24-19)20-9-7-8-10-21(20)31-17-25-28-29-31/h7-10,13-15,17H,3-6,11-12,16H2,1-2H3. The van der Waals surface area contributed by atoms with Crippen molar-refractivity contribution in [2.24, 2.45) is 0 Å². The van der Waals surface area contributed by atoms with E-state index in [-0.39, 0.29) is 0 Å². The first-order chi connectivity index (χ1) is 15.3. The lowest BCUT2D eigenvalue weighted by atomic mass is 10.1. The molecule has 0 radical (unpaired) electrons. The number of tetrazole rings is 1. The molecular formula is C23H28N8. The minimum Gasteiger partial charge on any atom is -0.259 e. The van der Waals surface area contributed by atoms with Gasteiger partial charge in [-0.2, -0.15) is 9.78 Å². The van der Waals surface area contributed by atoms with Gasteiger partial charge in [0.1, 0.15) is 12.2 Å². The monoisotopic (exact) mass is 416 g/mol. The van der Waals surface area contributed by atoms with Crippen LogP contribution >= 0.6 is 0 Å². The fourth-order valence-electron chi connectivity index (χ4n) is 3.53. The average Bonchev–Trinajstić information content (AvgIpc) is 3.47. The first kappa shape index (κ1) is 20.8. The largest absolute Gasteiger partial charge is 0.259 e. The van der Waals surface area contributed by atoms with Crippen LogP contribution in [0.4, 0.5) is 0 Å². The number of benzene rings is 1. The Balaban J connectivity index is 1.55. The zero-order chi connectivity index (χ0) is 21.5. The van der Waals surface area contributed by atoms with Crippen molar-refractivity contribution in [1.82, 2.24) is 40.0 Å². The van der Waals surface area contributed by atoms with Gasteiger partial charge in [-0.25, -0.2) is 9.67 Å².